The molecule has 2 aromatic carbocycles. The molecule has 0 N–H and O–H groups in total. The van der Waals surface area contributed by atoms with E-state index >= 15 is 0 Å². The van der Waals surface area contributed by atoms with Gasteiger partial charge in [0.1, 0.15) is 5.82 Å². The predicted molar refractivity (Wildman–Crippen MR) is 84.3 cm³/mol. The van der Waals surface area contributed by atoms with Gasteiger partial charge in [-0.15, -0.1) is 11.6 Å². The molecule has 0 aliphatic rings. The van der Waals surface area contributed by atoms with Crippen molar-refractivity contribution >= 4 is 23.2 Å². The van der Waals surface area contributed by atoms with E-state index in [0.29, 0.717) is 11.5 Å². The Labute approximate surface area is 129 Å². The Balaban J connectivity index is 2.24. The van der Waals surface area contributed by atoms with Gasteiger partial charge in [0.2, 0.25) is 0 Å². The number of benzene rings is 2. The average Bonchev–Trinajstić information content (AvgIpc) is 2.48. The summed E-state index contributed by atoms with van der Waals surface area (Å²) in [4.78, 5) is 0. The fourth-order valence-electron chi connectivity index (χ4n) is 2.09. The third kappa shape index (κ3) is 3.34. The van der Waals surface area contributed by atoms with Crippen LogP contribution in [-0.2, 0) is 0 Å². The van der Waals surface area contributed by atoms with Crippen LogP contribution in [0.2, 0.25) is 5.02 Å². The van der Waals surface area contributed by atoms with E-state index in [1.165, 1.54) is 17.7 Å². The standard InChI is InChI=1S/C17H17Cl2F/c1-3-11(2)12-4-6-13(7-5-12)17(19)14-8-9-15(18)16(20)10-14/h4-11,17H,3H2,1-2H3. The minimum absolute atomic E-state index is 0.115. The quantitative estimate of drug-likeness (QED) is 0.579. The summed E-state index contributed by atoms with van der Waals surface area (Å²) in [5.74, 6) is 0.0943. The Hall–Kier alpha value is -1.05. The van der Waals surface area contributed by atoms with E-state index in [9.17, 15) is 4.39 Å². The van der Waals surface area contributed by atoms with Crippen molar-refractivity contribution in [3.63, 3.8) is 0 Å². The molecular weight excluding hydrogens is 294 g/mol. The maximum Gasteiger partial charge on any atom is 0.142 e. The second kappa shape index (κ2) is 6.60. The Morgan fingerprint density at radius 1 is 1.00 bits per heavy atom. The van der Waals surface area contributed by atoms with Crippen molar-refractivity contribution in [3.8, 4) is 0 Å². The number of hydrogen-bond acceptors (Lipinski definition) is 0. The molecule has 0 aliphatic heterocycles. The molecule has 0 bridgehead atoms. The van der Waals surface area contributed by atoms with Crippen LogP contribution in [0.15, 0.2) is 42.5 Å². The molecule has 0 fully saturated rings. The summed E-state index contributed by atoms with van der Waals surface area (Å²) in [5, 5.41) is -0.252. The minimum atomic E-state index is -0.439. The Bertz CT molecular complexity index is 578. The van der Waals surface area contributed by atoms with Gasteiger partial charge in [0.25, 0.3) is 0 Å². The van der Waals surface area contributed by atoms with E-state index in [1.807, 2.05) is 12.1 Å². The third-order valence-corrected chi connectivity index (χ3v) is 4.46. The van der Waals surface area contributed by atoms with Crippen molar-refractivity contribution in [2.45, 2.75) is 31.6 Å². The second-order valence-corrected chi connectivity index (χ2v) is 5.86. The molecule has 0 saturated carbocycles. The van der Waals surface area contributed by atoms with Crippen molar-refractivity contribution < 1.29 is 4.39 Å². The fourth-order valence-corrected chi connectivity index (χ4v) is 2.49. The lowest BCUT2D eigenvalue weighted by Crippen LogP contribution is -1.96. The lowest BCUT2D eigenvalue weighted by molar-refractivity contribution is 0.626. The molecule has 0 spiro atoms. The molecule has 0 aliphatic carbocycles. The van der Waals surface area contributed by atoms with Gasteiger partial charge < -0.3 is 0 Å². The van der Waals surface area contributed by atoms with E-state index in [4.69, 9.17) is 23.2 Å². The maximum atomic E-state index is 13.5. The molecule has 0 nitrogen and oxygen atoms in total. The molecule has 3 heteroatoms. The Kier molecular flexibility index (Phi) is 5.06. The van der Waals surface area contributed by atoms with E-state index < -0.39 is 5.82 Å². The van der Waals surface area contributed by atoms with Crippen molar-refractivity contribution in [1.82, 2.24) is 0 Å². The summed E-state index contributed by atoms with van der Waals surface area (Å²) < 4.78 is 13.5. The van der Waals surface area contributed by atoms with Crippen LogP contribution in [0.25, 0.3) is 0 Å². The van der Waals surface area contributed by atoms with Gasteiger partial charge in [0, 0.05) is 0 Å². The molecule has 0 heterocycles. The molecule has 0 radical (unpaired) electrons. The van der Waals surface area contributed by atoms with Crippen LogP contribution in [0.5, 0.6) is 0 Å². The first-order valence-electron chi connectivity index (χ1n) is 6.71. The lowest BCUT2D eigenvalue weighted by atomic mass is 9.96. The van der Waals surface area contributed by atoms with Crippen molar-refractivity contribution in [2.24, 2.45) is 0 Å². The highest BCUT2D eigenvalue weighted by atomic mass is 35.5. The highest BCUT2D eigenvalue weighted by Crippen LogP contribution is 2.31. The zero-order valence-corrected chi connectivity index (χ0v) is 13.0. The second-order valence-electron chi connectivity index (χ2n) is 5.01. The van der Waals surface area contributed by atoms with Crippen LogP contribution in [0.4, 0.5) is 4.39 Å². The van der Waals surface area contributed by atoms with E-state index in [2.05, 4.69) is 26.0 Å². The monoisotopic (exact) mass is 310 g/mol. The lowest BCUT2D eigenvalue weighted by Gasteiger charge is -2.13. The highest BCUT2D eigenvalue weighted by molar-refractivity contribution is 6.30. The Morgan fingerprint density at radius 2 is 1.55 bits per heavy atom. The van der Waals surface area contributed by atoms with Crippen molar-refractivity contribution in [2.75, 3.05) is 0 Å². The SMILES string of the molecule is CCC(C)c1ccc(C(Cl)c2ccc(Cl)c(F)c2)cc1. The molecule has 2 rings (SSSR count). The molecule has 2 aromatic rings. The van der Waals surface area contributed by atoms with Crippen LogP contribution >= 0.6 is 23.2 Å². The normalized spacial score (nSPS) is 14.1. The molecular formula is C17H17Cl2F. The molecule has 0 aromatic heterocycles. The molecule has 20 heavy (non-hydrogen) atoms. The summed E-state index contributed by atoms with van der Waals surface area (Å²) in [6.45, 7) is 4.36. The zero-order valence-electron chi connectivity index (χ0n) is 11.5. The van der Waals surface area contributed by atoms with Crippen LogP contribution < -0.4 is 0 Å². The van der Waals surface area contributed by atoms with Crippen LogP contribution in [0.1, 0.15) is 48.3 Å². The first kappa shape index (κ1) is 15.3. The van der Waals surface area contributed by atoms with E-state index in [-0.39, 0.29) is 10.4 Å². The highest BCUT2D eigenvalue weighted by Gasteiger charge is 2.13. The minimum Gasteiger partial charge on any atom is -0.205 e. The number of hydrogen-bond donors (Lipinski definition) is 0. The zero-order chi connectivity index (χ0) is 14.7. The molecule has 0 amide bonds. The summed E-state index contributed by atoms with van der Waals surface area (Å²) in [7, 11) is 0. The van der Waals surface area contributed by atoms with Crippen LogP contribution in [0, 0.1) is 5.82 Å². The molecule has 106 valence electrons. The first-order valence-corrected chi connectivity index (χ1v) is 7.53. The summed E-state index contributed by atoms with van der Waals surface area (Å²) in [6.07, 6.45) is 1.10. The van der Waals surface area contributed by atoms with Gasteiger partial charge in [-0.1, -0.05) is 55.8 Å². The van der Waals surface area contributed by atoms with Crippen molar-refractivity contribution in [3.05, 3.63) is 70.0 Å². The summed E-state index contributed by atoms with van der Waals surface area (Å²) >= 11 is 12.1. The Morgan fingerprint density at radius 3 is 2.10 bits per heavy atom. The molecule has 0 saturated heterocycles. The number of rotatable bonds is 4. The largest absolute Gasteiger partial charge is 0.205 e. The molecule has 2 atom stereocenters. The van der Waals surface area contributed by atoms with Gasteiger partial charge in [0.15, 0.2) is 0 Å². The van der Waals surface area contributed by atoms with Crippen molar-refractivity contribution in [1.29, 1.82) is 0 Å². The van der Waals surface area contributed by atoms with E-state index in [1.54, 1.807) is 6.07 Å². The maximum absolute atomic E-state index is 13.5. The summed E-state index contributed by atoms with van der Waals surface area (Å²) in [5.41, 5.74) is 2.97. The van der Waals surface area contributed by atoms with Gasteiger partial charge in [-0.3, -0.25) is 0 Å². The van der Waals surface area contributed by atoms with Gasteiger partial charge in [0.05, 0.1) is 10.4 Å². The van der Waals surface area contributed by atoms with E-state index in [0.717, 1.165) is 12.0 Å². The van der Waals surface area contributed by atoms with Gasteiger partial charge >= 0.3 is 0 Å². The van der Waals surface area contributed by atoms with Gasteiger partial charge in [-0.05, 0) is 41.2 Å². The molecule has 2 unspecified atom stereocenters. The van der Waals surface area contributed by atoms with Crippen LogP contribution in [0.3, 0.4) is 0 Å². The first-order chi connectivity index (χ1) is 9.52. The smallest absolute Gasteiger partial charge is 0.142 e. The predicted octanol–water partition coefficient (Wildman–Crippen LogP) is 6.32. The third-order valence-electron chi connectivity index (χ3n) is 3.65. The number of halogens is 3. The fraction of sp³-hybridized carbons (Fsp3) is 0.294. The number of alkyl halides is 1. The topological polar surface area (TPSA) is 0 Å². The van der Waals surface area contributed by atoms with Crippen LogP contribution in [-0.4, -0.2) is 0 Å². The van der Waals surface area contributed by atoms with Gasteiger partial charge in [-0.2, -0.15) is 0 Å². The summed E-state index contributed by atoms with van der Waals surface area (Å²) in [6, 6.07) is 12.9. The van der Waals surface area contributed by atoms with Gasteiger partial charge in [-0.25, -0.2) is 4.39 Å². The average molecular weight is 311 g/mol.